The second kappa shape index (κ2) is 5.88. The zero-order chi connectivity index (χ0) is 12.1. The van der Waals surface area contributed by atoms with E-state index < -0.39 is 0 Å². The first-order valence-corrected chi connectivity index (χ1v) is 6.68. The van der Waals surface area contributed by atoms with Crippen LogP contribution in [0, 0.1) is 0 Å². The van der Waals surface area contributed by atoms with E-state index in [2.05, 4.69) is 0 Å². The number of carbonyl (C=O) groups is 1. The molecule has 0 aromatic heterocycles. The van der Waals surface area contributed by atoms with E-state index in [0.29, 0.717) is 23.4 Å². The van der Waals surface area contributed by atoms with E-state index in [1.165, 1.54) is 0 Å². The van der Waals surface area contributed by atoms with Crippen molar-refractivity contribution in [3.63, 3.8) is 0 Å². The zero-order valence-electron chi connectivity index (χ0n) is 9.24. The molecule has 0 saturated heterocycles. The van der Waals surface area contributed by atoms with E-state index in [1.54, 1.807) is 0 Å². The van der Waals surface area contributed by atoms with Crippen LogP contribution >= 0.6 is 0 Å². The van der Waals surface area contributed by atoms with Gasteiger partial charge in [-0.25, -0.2) is 0 Å². The van der Waals surface area contributed by atoms with Crippen LogP contribution in [0.25, 0.3) is 0 Å². The fourth-order valence-electron chi connectivity index (χ4n) is 1.82. The van der Waals surface area contributed by atoms with Crippen LogP contribution < -0.4 is 0 Å². The molecule has 0 fully saturated rings. The van der Waals surface area contributed by atoms with Crippen LogP contribution in [0.15, 0.2) is 60.7 Å². The third kappa shape index (κ3) is 2.89. The Kier molecular flexibility index (Phi) is 4.22. The van der Waals surface area contributed by atoms with E-state index in [1.807, 2.05) is 60.7 Å². The predicted octanol–water partition coefficient (Wildman–Crippen LogP) is 1.91. The van der Waals surface area contributed by atoms with Crippen molar-refractivity contribution < 1.29 is 7.81 Å². The number of carbonyl (C=O) groups excluding carboxylic acids is 1. The third-order valence-corrected chi connectivity index (χ3v) is 3.28. The monoisotopic (exact) mass is 334 g/mol. The Morgan fingerprint density at radius 2 is 1.29 bits per heavy atom. The van der Waals surface area contributed by atoms with Gasteiger partial charge in [0.2, 0.25) is 0 Å². The molecule has 0 unspecified atom stereocenters. The van der Waals surface area contributed by atoms with Crippen molar-refractivity contribution in [1.82, 2.24) is 0 Å². The molecule has 0 aliphatic heterocycles. The van der Waals surface area contributed by atoms with Crippen LogP contribution in [0.5, 0.6) is 0 Å². The molecule has 0 heterocycles. The Hall–Kier alpha value is -1.27. The number of hydrogen-bond donors (Lipinski definition) is 0. The van der Waals surface area contributed by atoms with Crippen molar-refractivity contribution >= 4 is 29.4 Å². The van der Waals surface area contributed by atoms with Crippen LogP contribution in [0.3, 0.4) is 0 Å². The number of benzene rings is 2. The summed E-state index contributed by atoms with van der Waals surface area (Å²) in [6.07, 6.45) is 0. The molecule has 2 rings (SSSR count). The molecule has 3 heteroatoms. The molecular formula is C14H13O2Sb. The SMILES string of the molecule is O=C([O][SbH2])C(c1ccccc1)c1ccccc1. The van der Waals surface area contributed by atoms with E-state index in [4.69, 9.17) is 3.02 Å². The standard InChI is InChI=1S/C14H12O2.Sb.2H/c15-14(16)13(11-7-3-1-4-8-11)12-9-5-2-6-10-12;;;/h1-10,13H,(H,15,16);;;/q;+1;;/p-1. The summed E-state index contributed by atoms with van der Waals surface area (Å²) in [5, 5.41) is 0. The van der Waals surface area contributed by atoms with Gasteiger partial charge in [0, 0.05) is 0 Å². The van der Waals surface area contributed by atoms with Crippen LogP contribution in [0.4, 0.5) is 0 Å². The molecular weight excluding hydrogens is 322 g/mol. The molecule has 2 aromatic carbocycles. The minimum atomic E-state index is -0.313. The van der Waals surface area contributed by atoms with Gasteiger partial charge in [0.1, 0.15) is 0 Å². The van der Waals surface area contributed by atoms with Gasteiger partial charge in [-0.15, -0.1) is 0 Å². The Balaban J connectivity index is 2.43. The molecule has 0 saturated carbocycles. The van der Waals surface area contributed by atoms with Gasteiger partial charge in [-0.1, -0.05) is 0 Å². The minimum absolute atomic E-state index is 0.176. The van der Waals surface area contributed by atoms with E-state index in [0.717, 1.165) is 11.1 Å². The van der Waals surface area contributed by atoms with Gasteiger partial charge >= 0.3 is 115 Å². The first kappa shape index (κ1) is 12.2. The summed E-state index contributed by atoms with van der Waals surface area (Å²) < 4.78 is 5.01. The Labute approximate surface area is 115 Å². The van der Waals surface area contributed by atoms with Crippen LogP contribution in [0.2, 0.25) is 0 Å². The van der Waals surface area contributed by atoms with E-state index in [9.17, 15) is 4.79 Å². The summed E-state index contributed by atoms with van der Waals surface area (Å²) in [5.41, 5.74) is 1.94. The average Bonchev–Trinajstić information content (AvgIpc) is 2.41. The summed E-state index contributed by atoms with van der Waals surface area (Å²) in [4.78, 5) is 11.9. The molecule has 0 spiro atoms. The van der Waals surface area contributed by atoms with E-state index in [-0.39, 0.29) is 11.9 Å². The Morgan fingerprint density at radius 3 is 1.65 bits per heavy atom. The van der Waals surface area contributed by atoms with Crippen molar-refractivity contribution in [2.24, 2.45) is 0 Å². The molecule has 2 aromatic rings. The molecule has 86 valence electrons. The Bertz CT molecular complexity index is 443. The molecule has 0 aliphatic rings. The Morgan fingerprint density at radius 1 is 0.882 bits per heavy atom. The predicted molar refractivity (Wildman–Crippen MR) is 69.4 cm³/mol. The van der Waals surface area contributed by atoms with E-state index >= 15 is 0 Å². The fraction of sp³-hybridized carbons (Fsp3) is 0.0714. The summed E-state index contributed by atoms with van der Waals surface area (Å²) >= 11 is 0.487. The maximum absolute atomic E-state index is 11.9. The first-order valence-electron chi connectivity index (χ1n) is 5.33. The average molecular weight is 335 g/mol. The molecule has 0 atom stereocenters. The summed E-state index contributed by atoms with van der Waals surface area (Å²) in [5.74, 6) is -0.489. The van der Waals surface area contributed by atoms with Gasteiger partial charge in [-0.2, -0.15) is 0 Å². The van der Waals surface area contributed by atoms with Crippen LogP contribution in [-0.4, -0.2) is 29.4 Å². The maximum atomic E-state index is 11.9. The van der Waals surface area contributed by atoms with Crippen LogP contribution in [-0.2, 0) is 7.81 Å². The normalized spacial score (nSPS) is 10.2. The second-order valence-electron chi connectivity index (χ2n) is 3.69. The first-order chi connectivity index (χ1) is 8.33. The van der Waals surface area contributed by atoms with Crippen molar-refractivity contribution in [2.45, 2.75) is 5.92 Å². The van der Waals surface area contributed by atoms with Gasteiger partial charge in [0.15, 0.2) is 0 Å². The van der Waals surface area contributed by atoms with Crippen molar-refractivity contribution in [2.75, 3.05) is 0 Å². The van der Waals surface area contributed by atoms with Gasteiger partial charge in [-0.3, -0.25) is 0 Å². The topological polar surface area (TPSA) is 26.3 Å². The molecule has 17 heavy (non-hydrogen) atoms. The van der Waals surface area contributed by atoms with Gasteiger partial charge < -0.3 is 0 Å². The molecule has 0 radical (unpaired) electrons. The van der Waals surface area contributed by atoms with Gasteiger partial charge in [0.25, 0.3) is 0 Å². The van der Waals surface area contributed by atoms with Gasteiger partial charge in [-0.05, 0) is 0 Å². The van der Waals surface area contributed by atoms with Crippen molar-refractivity contribution in [3.05, 3.63) is 71.8 Å². The fourth-order valence-corrected chi connectivity index (χ4v) is 2.21. The summed E-state index contributed by atoms with van der Waals surface area (Å²) in [7, 11) is 0. The molecule has 0 amide bonds. The molecule has 0 bridgehead atoms. The molecule has 2 nitrogen and oxygen atoms in total. The summed E-state index contributed by atoms with van der Waals surface area (Å²) in [6.45, 7) is 0. The third-order valence-electron chi connectivity index (χ3n) is 2.62. The van der Waals surface area contributed by atoms with Gasteiger partial charge in [0.05, 0.1) is 0 Å². The second-order valence-corrected chi connectivity index (χ2v) is 4.36. The molecule has 0 N–H and O–H groups in total. The van der Waals surface area contributed by atoms with Crippen molar-refractivity contribution in [1.29, 1.82) is 0 Å². The quantitative estimate of drug-likeness (QED) is 0.801. The summed E-state index contributed by atoms with van der Waals surface area (Å²) in [6, 6.07) is 19.4. The number of rotatable bonds is 3. The van der Waals surface area contributed by atoms with Crippen LogP contribution in [0.1, 0.15) is 17.0 Å². The zero-order valence-corrected chi connectivity index (χ0v) is 12.5. The number of hydrogen-bond acceptors (Lipinski definition) is 2. The van der Waals surface area contributed by atoms with Crippen molar-refractivity contribution in [3.8, 4) is 0 Å². The molecule has 0 aliphatic carbocycles.